The highest BCUT2D eigenvalue weighted by molar-refractivity contribution is 7.90. The molecule has 0 aromatic carbocycles. The van der Waals surface area contributed by atoms with Gasteiger partial charge in [-0.05, 0) is 12.1 Å². The molecule has 0 saturated heterocycles. The van der Waals surface area contributed by atoms with Crippen LogP contribution in [0.25, 0.3) is 11.3 Å². The molecule has 0 saturated carbocycles. The van der Waals surface area contributed by atoms with E-state index in [4.69, 9.17) is 5.73 Å². The van der Waals surface area contributed by atoms with Gasteiger partial charge < -0.3 is 10.6 Å². The van der Waals surface area contributed by atoms with E-state index >= 15 is 0 Å². The monoisotopic (exact) mass is 373 g/mol. The molecular formula is C14H14F3N5O2S. The highest BCUT2D eigenvalue weighted by Crippen LogP contribution is 2.33. The van der Waals surface area contributed by atoms with E-state index in [1.807, 2.05) is 0 Å². The van der Waals surface area contributed by atoms with Crippen LogP contribution in [0.5, 0.6) is 0 Å². The second-order valence-corrected chi connectivity index (χ2v) is 6.84. The van der Waals surface area contributed by atoms with Crippen molar-refractivity contribution in [1.29, 1.82) is 0 Å². The summed E-state index contributed by atoms with van der Waals surface area (Å²) in [4.78, 5) is 8.36. The lowest BCUT2D eigenvalue weighted by Gasteiger charge is -2.11. The Labute approximate surface area is 142 Å². The van der Waals surface area contributed by atoms with Gasteiger partial charge in [-0.1, -0.05) is 0 Å². The summed E-state index contributed by atoms with van der Waals surface area (Å²) in [6.45, 7) is 0. The molecule has 2 aromatic rings. The summed E-state index contributed by atoms with van der Waals surface area (Å²) >= 11 is 0. The normalized spacial score (nSPS) is 12.5. The molecule has 2 N–H and O–H groups in total. The van der Waals surface area contributed by atoms with E-state index in [1.165, 1.54) is 4.90 Å². The van der Waals surface area contributed by atoms with Crippen LogP contribution in [0.4, 0.5) is 18.9 Å². The zero-order valence-electron chi connectivity index (χ0n) is 13.2. The summed E-state index contributed by atoms with van der Waals surface area (Å²) < 4.78 is 66.9. The number of hydrogen-bond donors (Lipinski definition) is 1. The molecule has 0 unspecified atom stereocenters. The third kappa shape index (κ3) is 4.44. The molecule has 0 bridgehead atoms. The van der Waals surface area contributed by atoms with Crippen molar-refractivity contribution in [2.24, 2.45) is 4.40 Å². The molecule has 134 valence electrons. The Morgan fingerprint density at radius 3 is 2.48 bits per heavy atom. The Morgan fingerprint density at radius 1 is 1.20 bits per heavy atom. The molecule has 0 aliphatic heterocycles. The fraction of sp³-hybridized carbons (Fsp3) is 0.214. The first kappa shape index (κ1) is 18.6. The van der Waals surface area contributed by atoms with Gasteiger partial charge >= 0.3 is 6.18 Å². The van der Waals surface area contributed by atoms with Crippen LogP contribution in [0.2, 0.25) is 0 Å². The molecule has 2 heterocycles. The van der Waals surface area contributed by atoms with Gasteiger partial charge in [0.1, 0.15) is 11.2 Å². The van der Waals surface area contributed by atoms with Gasteiger partial charge in [-0.25, -0.2) is 0 Å². The van der Waals surface area contributed by atoms with Gasteiger partial charge in [0.2, 0.25) is 0 Å². The number of alkyl halides is 3. The number of nitrogen functional groups attached to an aromatic ring is 1. The fourth-order valence-electron chi connectivity index (χ4n) is 1.81. The molecule has 0 amide bonds. The lowest BCUT2D eigenvalue weighted by Crippen LogP contribution is -2.11. The molecule has 2 rings (SSSR count). The van der Waals surface area contributed by atoms with Crippen LogP contribution in [0.15, 0.2) is 40.0 Å². The average molecular weight is 373 g/mol. The van der Waals surface area contributed by atoms with E-state index in [2.05, 4.69) is 14.4 Å². The molecule has 2 aromatic heterocycles. The highest BCUT2D eigenvalue weighted by Gasteiger charge is 2.32. The predicted octanol–water partition coefficient (Wildman–Crippen LogP) is 2.02. The van der Waals surface area contributed by atoms with Crippen LogP contribution in [-0.4, -0.2) is 43.7 Å². The Hall–Kier alpha value is -2.69. The van der Waals surface area contributed by atoms with E-state index in [-0.39, 0.29) is 16.9 Å². The number of sulfonamides is 1. The van der Waals surface area contributed by atoms with Crippen molar-refractivity contribution in [3.63, 3.8) is 0 Å². The largest absolute Gasteiger partial charge is 0.417 e. The number of halogens is 3. The lowest BCUT2D eigenvalue weighted by molar-refractivity contribution is -0.137. The van der Waals surface area contributed by atoms with Crippen molar-refractivity contribution in [3.8, 4) is 11.3 Å². The van der Waals surface area contributed by atoms with Gasteiger partial charge in [-0.3, -0.25) is 9.97 Å². The first-order valence-electron chi connectivity index (χ1n) is 6.76. The highest BCUT2D eigenvalue weighted by atomic mass is 32.2. The van der Waals surface area contributed by atoms with Crippen LogP contribution in [0.1, 0.15) is 5.56 Å². The maximum absolute atomic E-state index is 12.9. The average Bonchev–Trinajstić information content (AvgIpc) is 2.52. The fourth-order valence-corrected chi connectivity index (χ4v) is 2.94. The van der Waals surface area contributed by atoms with E-state index in [1.54, 1.807) is 14.1 Å². The zero-order valence-corrected chi connectivity index (χ0v) is 14.0. The van der Waals surface area contributed by atoms with Crippen LogP contribution in [0.3, 0.4) is 0 Å². The zero-order chi connectivity index (χ0) is 18.8. The van der Waals surface area contributed by atoms with Gasteiger partial charge in [0, 0.05) is 32.1 Å². The lowest BCUT2D eigenvalue weighted by atomic mass is 10.1. The Morgan fingerprint density at radius 2 is 1.88 bits per heavy atom. The summed E-state index contributed by atoms with van der Waals surface area (Å²) in [5, 5.41) is 0. The third-order valence-corrected chi connectivity index (χ3v) is 4.15. The first-order valence-corrected chi connectivity index (χ1v) is 8.20. The van der Waals surface area contributed by atoms with E-state index in [0.717, 1.165) is 30.9 Å². The minimum absolute atomic E-state index is 0.0299. The number of pyridine rings is 2. The summed E-state index contributed by atoms with van der Waals surface area (Å²) in [7, 11) is -1.10. The summed E-state index contributed by atoms with van der Waals surface area (Å²) in [6, 6.07) is 1.85. The van der Waals surface area contributed by atoms with Crippen LogP contribution < -0.4 is 5.73 Å². The van der Waals surface area contributed by atoms with Crippen LogP contribution in [-0.2, 0) is 16.2 Å². The van der Waals surface area contributed by atoms with Gasteiger partial charge in [0.15, 0.2) is 0 Å². The smallest absolute Gasteiger partial charge is 0.397 e. The van der Waals surface area contributed by atoms with E-state index in [9.17, 15) is 21.6 Å². The molecule has 0 aliphatic carbocycles. The molecule has 0 spiro atoms. The SMILES string of the molecule is CN(C)/C=N\S(=O)(=O)c1cc(N)cnc1-c1cncc(C(F)(F)F)c1. The molecule has 0 fully saturated rings. The number of nitrogens with zero attached hydrogens (tertiary/aromatic N) is 4. The van der Waals surface area contributed by atoms with Crippen molar-refractivity contribution in [2.75, 3.05) is 19.8 Å². The van der Waals surface area contributed by atoms with Gasteiger partial charge in [-0.2, -0.15) is 21.6 Å². The molecular weight excluding hydrogens is 359 g/mol. The van der Waals surface area contributed by atoms with Crippen molar-refractivity contribution in [2.45, 2.75) is 11.1 Å². The molecule has 25 heavy (non-hydrogen) atoms. The topological polar surface area (TPSA) is 102 Å². The molecule has 7 nitrogen and oxygen atoms in total. The summed E-state index contributed by atoms with van der Waals surface area (Å²) in [6.07, 6.45) is -0.711. The van der Waals surface area contributed by atoms with Crippen molar-refractivity contribution in [1.82, 2.24) is 14.9 Å². The van der Waals surface area contributed by atoms with E-state index < -0.39 is 26.7 Å². The summed E-state index contributed by atoms with van der Waals surface area (Å²) in [5.74, 6) is 0. The maximum Gasteiger partial charge on any atom is 0.417 e. The number of anilines is 1. The van der Waals surface area contributed by atoms with Crippen LogP contribution in [0, 0.1) is 0 Å². The molecule has 0 aliphatic rings. The third-order valence-electron chi connectivity index (χ3n) is 2.91. The standard InChI is InChI=1S/C14H14F3N5O2S/c1-22(2)8-21-25(23,24)12-4-11(18)7-20-13(12)9-3-10(6-19-5-9)14(15,16)17/h3-8H,18H2,1-2H3/b21-8-. The van der Waals surface area contributed by atoms with E-state index in [0.29, 0.717) is 6.20 Å². The van der Waals surface area contributed by atoms with Gasteiger partial charge in [-0.15, -0.1) is 4.40 Å². The number of nitrogens with two attached hydrogens (primary N) is 1. The number of rotatable bonds is 4. The quantitative estimate of drug-likeness (QED) is 0.650. The van der Waals surface area contributed by atoms with Crippen molar-refractivity contribution < 1.29 is 21.6 Å². The van der Waals surface area contributed by atoms with Gasteiger partial charge in [0.25, 0.3) is 10.0 Å². The first-order chi connectivity index (χ1) is 11.5. The minimum Gasteiger partial charge on any atom is -0.397 e. The number of hydrogen-bond acceptors (Lipinski definition) is 5. The Balaban J connectivity index is 2.65. The molecule has 0 atom stereocenters. The predicted molar refractivity (Wildman–Crippen MR) is 86.2 cm³/mol. The summed E-state index contributed by atoms with van der Waals surface area (Å²) in [5.41, 5.74) is 4.24. The Bertz CT molecular complexity index is 911. The second-order valence-electron chi connectivity index (χ2n) is 5.24. The van der Waals surface area contributed by atoms with Crippen molar-refractivity contribution in [3.05, 3.63) is 36.3 Å². The van der Waals surface area contributed by atoms with Crippen LogP contribution >= 0.6 is 0 Å². The maximum atomic E-state index is 12.9. The minimum atomic E-state index is -4.63. The number of aromatic nitrogens is 2. The molecule has 11 heteroatoms. The van der Waals surface area contributed by atoms with Crippen molar-refractivity contribution >= 4 is 22.0 Å². The molecule has 0 radical (unpaired) electrons. The second kappa shape index (κ2) is 6.67. The van der Waals surface area contributed by atoms with Gasteiger partial charge in [0.05, 0.1) is 23.1 Å². The Kier molecular flexibility index (Phi) is 4.97.